The van der Waals surface area contributed by atoms with Gasteiger partial charge in [0.1, 0.15) is 17.1 Å². The average molecular weight is 448 g/mol. The Balaban J connectivity index is 1.66. The van der Waals surface area contributed by atoms with Crippen LogP contribution in [-0.2, 0) is 4.79 Å². The highest BCUT2D eigenvalue weighted by molar-refractivity contribution is 6.00. The highest BCUT2D eigenvalue weighted by atomic mass is 16.5. The van der Waals surface area contributed by atoms with Crippen LogP contribution in [0.25, 0.3) is 27.7 Å². The maximum absolute atomic E-state index is 12.8. The van der Waals surface area contributed by atoms with Gasteiger partial charge in [0.05, 0.1) is 20.0 Å². The molecule has 174 valence electrons. The quantitative estimate of drug-likeness (QED) is 0.321. The summed E-state index contributed by atoms with van der Waals surface area (Å²) in [5.41, 5.74) is 4.55. The van der Waals surface area contributed by atoms with Crippen molar-refractivity contribution in [1.82, 2.24) is 5.32 Å². The van der Waals surface area contributed by atoms with Crippen molar-refractivity contribution < 1.29 is 18.7 Å². The number of allylic oxidation sites excluding steroid dienone is 1. The molecule has 0 saturated heterocycles. The van der Waals surface area contributed by atoms with Crippen molar-refractivity contribution in [3.05, 3.63) is 54.3 Å². The zero-order chi connectivity index (χ0) is 23.2. The average Bonchev–Trinajstić information content (AvgIpc) is 3.05. The molecule has 0 bridgehead atoms. The first-order valence-corrected chi connectivity index (χ1v) is 11.9. The maximum Gasteiger partial charge on any atom is 0.244 e. The molecule has 1 aliphatic carbocycles. The molecule has 0 atom stereocenters. The van der Waals surface area contributed by atoms with Gasteiger partial charge in [-0.05, 0) is 56.0 Å². The molecule has 1 amide bonds. The van der Waals surface area contributed by atoms with Crippen molar-refractivity contribution in [2.75, 3.05) is 13.7 Å². The van der Waals surface area contributed by atoms with E-state index in [1.54, 1.807) is 19.4 Å². The number of fused-ring (bicyclic) bond motifs is 1. The van der Waals surface area contributed by atoms with Gasteiger partial charge in [-0.25, -0.2) is 0 Å². The van der Waals surface area contributed by atoms with Crippen LogP contribution in [0.1, 0.15) is 57.9 Å². The van der Waals surface area contributed by atoms with Gasteiger partial charge in [-0.1, -0.05) is 37.8 Å². The Kier molecular flexibility index (Phi) is 7.38. The molecular formula is C28H33NO4. The van der Waals surface area contributed by atoms with Gasteiger partial charge in [0, 0.05) is 34.7 Å². The second-order valence-corrected chi connectivity index (χ2v) is 8.68. The minimum absolute atomic E-state index is 0.0375. The number of benzene rings is 2. The van der Waals surface area contributed by atoms with Gasteiger partial charge in [0.2, 0.25) is 5.91 Å². The summed E-state index contributed by atoms with van der Waals surface area (Å²) < 4.78 is 17.1. The van der Waals surface area contributed by atoms with Gasteiger partial charge < -0.3 is 19.2 Å². The molecule has 0 spiro atoms. The van der Waals surface area contributed by atoms with E-state index in [0.717, 1.165) is 57.6 Å². The van der Waals surface area contributed by atoms with Crippen LogP contribution in [-0.4, -0.2) is 25.7 Å². The number of rotatable bonds is 7. The fourth-order valence-corrected chi connectivity index (χ4v) is 4.57. The van der Waals surface area contributed by atoms with E-state index in [2.05, 4.69) is 11.4 Å². The molecular weight excluding hydrogens is 414 g/mol. The van der Waals surface area contributed by atoms with E-state index in [0.29, 0.717) is 6.61 Å². The van der Waals surface area contributed by atoms with Crippen molar-refractivity contribution in [2.24, 2.45) is 0 Å². The lowest BCUT2D eigenvalue weighted by molar-refractivity contribution is -0.117. The molecule has 5 nitrogen and oxygen atoms in total. The van der Waals surface area contributed by atoms with E-state index in [1.165, 1.54) is 25.7 Å². The first-order valence-electron chi connectivity index (χ1n) is 11.9. The number of furan rings is 1. The van der Waals surface area contributed by atoms with Gasteiger partial charge in [-0.2, -0.15) is 0 Å². The Morgan fingerprint density at radius 3 is 2.52 bits per heavy atom. The third kappa shape index (κ3) is 5.41. The molecule has 1 fully saturated rings. The predicted molar refractivity (Wildman–Crippen MR) is 133 cm³/mol. The Morgan fingerprint density at radius 2 is 1.85 bits per heavy atom. The lowest BCUT2D eigenvalue weighted by Gasteiger charge is -2.16. The molecule has 33 heavy (non-hydrogen) atoms. The van der Waals surface area contributed by atoms with Gasteiger partial charge in [-0.3, -0.25) is 4.79 Å². The Hall–Kier alpha value is -3.21. The monoisotopic (exact) mass is 447 g/mol. The molecule has 0 unspecified atom stereocenters. The first kappa shape index (κ1) is 23.0. The van der Waals surface area contributed by atoms with Crippen LogP contribution in [0.4, 0.5) is 0 Å². The Bertz CT molecular complexity index is 1120. The molecule has 0 radical (unpaired) electrons. The fraction of sp³-hybridized carbons (Fsp3) is 0.393. The maximum atomic E-state index is 12.8. The standard InChI is InChI=1S/C28H33NO4/c1-4-32-26-17-27-24(25(18-33-27)20-11-13-22(31-3)14-12-20)16-23(26)19(2)15-28(30)29-21-9-7-5-6-8-10-21/h11-18,21H,4-10H2,1-3H3,(H,29,30)/b19-15+. The van der Waals surface area contributed by atoms with Crippen LogP contribution in [0.5, 0.6) is 11.5 Å². The van der Waals surface area contributed by atoms with Crippen molar-refractivity contribution in [3.63, 3.8) is 0 Å². The lowest BCUT2D eigenvalue weighted by Crippen LogP contribution is -2.33. The Labute approximate surface area is 195 Å². The summed E-state index contributed by atoms with van der Waals surface area (Å²) in [5.74, 6) is 1.49. The van der Waals surface area contributed by atoms with Gasteiger partial charge in [-0.15, -0.1) is 0 Å². The number of ether oxygens (including phenoxy) is 2. The molecule has 0 aliphatic heterocycles. The number of amides is 1. The van der Waals surface area contributed by atoms with Gasteiger partial charge in [0.15, 0.2) is 0 Å². The van der Waals surface area contributed by atoms with Crippen LogP contribution < -0.4 is 14.8 Å². The number of carbonyl (C=O) groups excluding carboxylic acids is 1. The van der Waals surface area contributed by atoms with Gasteiger partial charge >= 0.3 is 0 Å². The summed E-state index contributed by atoms with van der Waals surface area (Å²) in [6.07, 6.45) is 10.5. The van der Waals surface area contributed by atoms with Crippen LogP contribution >= 0.6 is 0 Å². The molecule has 1 N–H and O–H groups in total. The van der Waals surface area contributed by atoms with Crippen LogP contribution in [0.2, 0.25) is 0 Å². The first-order chi connectivity index (χ1) is 16.1. The van der Waals surface area contributed by atoms with E-state index < -0.39 is 0 Å². The third-order valence-corrected chi connectivity index (χ3v) is 6.35. The normalized spacial score (nSPS) is 15.3. The summed E-state index contributed by atoms with van der Waals surface area (Å²) in [6, 6.07) is 12.2. The minimum atomic E-state index is -0.0375. The van der Waals surface area contributed by atoms with E-state index in [1.807, 2.05) is 44.2 Å². The smallest absolute Gasteiger partial charge is 0.244 e. The molecule has 2 aromatic carbocycles. The van der Waals surface area contributed by atoms with Crippen molar-refractivity contribution in [2.45, 2.75) is 58.4 Å². The van der Waals surface area contributed by atoms with E-state index in [9.17, 15) is 4.79 Å². The fourth-order valence-electron chi connectivity index (χ4n) is 4.57. The lowest BCUT2D eigenvalue weighted by atomic mass is 9.99. The van der Waals surface area contributed by atoms with E-state index in [4.69, 9.17) is 13.9 Å². The van der Waals surface area contributed by atoms with Gasteiger partial charge in [0.25, 0.3) is 0 Å². The molecule has 1 saturated carbocycles. The van der Waals surface area contributed by atoms with Crippen LogP contribution in [0, 0.1) is 0 Å². The number of hydrogen-bond donors (Lipinski definition) is 1. The molecule has 1 heterocycles. The second-order valence-electron chi connectivity index (χ2n) is 8.68. The van der Waals surface area contributed by atoms with Crippen LogP contribution in [0.15, 0.2) is 53.2 Å². The summed E-state index contributed by atoms with van der Waals surface area (Å²) in [7, 11) is 1.66. The second kappa shape index (κ2) is 10.6. The highest BCUT2D eigenvalue weighted by Gasteiger charge is 2.17. The third-order valence-electron chi connectivity index (χ3n) is 6.35. The number of hydrogen-bond acceptors (Lipinski definition) is 4. The van der Waals surface area contributed by atoms with Crippen molar-refractivity contribution in [1.29, 1.82) is 0 Å². The summed E-state index contributed by atoms with van der Waals surface area (Å²) >= 11 is 0. The zero-order valence-electron chi connectivity index (χ0n) is 19.8. The molecule has 3 aromatic rings. The SMILES string of the molecule is CCOc1cc2occ(-c3ccc(OC)cc3)c2cc1/C(C)=C/C(=O)NC1CCCCCC1. The van der Waals surface area contributed by atoms with Crippen molar-refractivity contribution >= 4 is 22.4 Å². The summed E-state index contributed by atoms with van der Waals surface area (Å²) in [5, 5.41) is 4.19. The van der Waals surface area contributed by atoms with Crippen LogP contribution in [0.3, 0.4) is 0 Å². The minimum Gasteiger partial charge on any atom is -0.497 e. The summed E-state index contributed by atoms with van der Waals surface area (Å²) in [4.78, 5) is 12.8. The molecule has 1 aromatic heterocycles. The summed E-state index contributed by atoms with van der Waals surface area (Å²) in [6.45, 7) is 4.45. The molecule has 1 aliphatic rings. The largest absolute Gasteiger partial charge is 0.497 e. The van der Waals surface area contributed by atoms with E-state index in [-0.39, 0.29) is 11.9 Å². The number of carbonyl (C=O) groups is 1. The number of nitrogens with one attached hydrogen (secondary N) is 1. The zero-order valence-corrected chi connectivity index (χ0v) is 19.8. The molecule has 4 rings (SSSR count). The molecule has 5 heteroatoms. The predicted octanol–water partition coefficient (Wildman–Crippen LogP) is 6.75. The number of methoxy groups -OCH3 is 1. The Morgan fingerprint density at radius 1 is 1.12 bits per heavy atom. The van der Waals surface area contributed by atoms with E-state index >= 15 is 0 Å². The van der Waals surface area contributed by atoms with Crippen molar-refractivity contribution in [3.8, 4) is 22.6 Å². The topological polar surface area (TPSA) is 60.7 Å². The highest BCUT2D eigenvalue weighted by Crippen LogP contribution is 2.38.